The van der Waals surface area contributed by atoms with E-state index in [-0.39, 0.29) is 30.2 Å². The molecule has 1 amide bonds. The van der Waals surface area contributed by atoms with E-state index in [0.29, 0.717) is 17.9 Å². The van der Waals surface area contributed by atoms with E-state index in [1.165, 1.54) is 0 Å². The van der Waals surface area contributed by atoms with Crippen molar-refractivity contribution in [2.24, 2.45) is 5.92 Å². The van der Waals surface area contributed by atoms with Crippen molar-refractivity contribution in [3.05, 3.63) is 35.1 Å². The van der Waals surface area contributed by atoms with Crippen LogP contribution in [-0.4, -0.2) is 68.4 Å². The van der Waals surface area contributed by atoms with Crippen molar-refractivity contribution in [2.45, 2.75) is 25.1 Å². The quantitative estimate of drug-likeness (QED) is 0.800. The summed E-state index contributed by atoms with van der Waals surface area (Å²) in [6, 6.07) is 5.84. The van der Waals surface area contributed by atoms with Gasteiger partial charge in [-0.2, -0.15) is 0 Å². The number of hydrogen-bond donors (Lipinski definition) is 0. The fraction of sp³-hybridized carbons (Fsp3) is 0.526. The van der Waals surface area contributed by atoms with Crippen molar-refractivity contribution in [3.63, 3.8) is 0 Å². The molecular weight excluding hydrogens is 352 g/mol. The van der Waals surface area contributed by atoms with Gasteiger partial charge in [0.2, 0.25) is 0 Å². The third-order valence-electron chi connectivity index (χ3n) is 5.91. The number of benzene rings is 1. The van der Waals surface area contributed by atoms with Gasteiger partial charge in [-0.1, -0.05) is 12.1 Å². The number of nitrogens with zero attached hydrogens (tertiary/aromatic N) is 2. The van der Waals surface area contributed by atoms with Crippen molar-refractivity contribution < 1.29 is 17.6 Å². The Morgan fingerprint density at radius 3 is 2.65 bits per heavy atom. The van der Waals surface area contributed by atoms with Gasteiger partial charge < -0.3 is 14.2 Å². The summed E-state index contributed by atoms with van der Waals surface area (Å²) in [5, 5.41) is 0.461. The average molecular weight is 376 g/mol. The van der Waals surface area contributed by atoms with Crippen molar-refractivity contribution in [1.29, 1.82) is 0 Å². The van der Waals surface area contributed by atoms with E-state index in [0.717, 1.165) is 16.5 Å². The molecular formula is C19H24N2O4S. The van der Waals surface area contributed by atoms with Gasteiger partial charge in [-0.3, -0.25) is 4.79 Å². The van der Waals surface area contributed by atoms with Crippen LogP contribution in [0.3, 0.4) is 0 Å². The van der Waals surface area contributed by atoms with Gasteiger partial charge in [0.25, 0.3) is 5.91 Å². The van der Waals surface area contributed by atoms with Gasteiger partial charge in [-0.15, -0.1) is 0 Å². The van der Waals surface area contributed by atoms with Crippen LogP contribution in [0.2, 0.25) is 0 Å². The van der Waals surface area contributed by atoms with E-state index in [1.54, 1.807) is 4.90 Å². The highest BCUT2D eigenvalue weighted by Crippen LogP contribution is 2.37. The van der Waals surface area contributed by atoms with Gasteiger partial charge in [0, 0.05) is 36.0 Å². The molecule has 0 spiro atoms. The van der Waals surface area contributed by atoms with Gasteiger partial charge in [0.15, 0.2) is 15.6 Å². The average Bonchev–Trinajstić information content (AvgIpc) is 3.20. The van der Waals surface area contributed by atoms with Crippen molar-refractivity contribution in [1.82, 2.24) is 9.80 Å². The van der Waals surface area contributed by atoms with Gasteiger partial charge in [-0.05, 0) is 39.6 Å². The van der Waals surface area contributed by atoms with Crippen molar-refractivity contribution >= 4 is 26.7 Å². The molecule has 0 N–H and O–H groups in total. The highest BCUT2D eigenvalue weighted by atomic mass is 32.2. The molecule has 1 aromatic carbocycles. The van der Waals surface area contributed by atoms with Crippen LogP contribution in [0.1, 0.15) is 21.7 Å². The number of carbonyl (C=O) groups excluding carboxylic acids is 1. The van der Waals surface area contributed by atoms with Crippen LogP contribution in [0.15, 0.2) is 22.6 Å². The molecule has 2 aromatic rings. The third kappa shape index (κ3) is 2.56. The molecule has 2 aliphatic rings. The summed E-state index contributed by atoms with van der Waals surface area (Å²) in [5.41, 5.74) is 2.58. The van der Waals surface area contributed by atoms with Crippen LogP contribution < -0.4 is 0 Å². The maximum atomic E-state index is 13.1. The van der Waals surface area contributed by atoms with Crippen LogP contribution in [0, 0.1) is 19.8 Å². The highest BCUT2D eigenvalue weighted by molar-refractivity contribution is 7.92. The lowest BCUT2D eigenvalue weighted by atomic mass is 10.00. The zero-order chi connectivity index (χ0) is 18.8. The zero-order valence-electron chi connectivity index (χ0n) is 15.5. The summed E-state index contributed by atoms with van der Waals surface area (Å²) in [6.45, 7) is 4.57. The standard InChI is InChI=1S/C19H24N2O4S/c1-11-5-6-13-12(2)18(25-16(13)7-11)19(22)21-8-14-15(20(3)4)10-26(23,24)17(14)9-21/h5-7,14-15,17H,8-10H2,1-4H3/t14-,15+,17-/m0/s1. The number of furan rings is 1. The minimum atomic E-state index is -3.17. The maximum Gasteiger partial charge on any atom is 0.289 e. The van der Waals surface area contributed by atoms with Crippen LogP contribution in [-0.2, 0) is 9.84 Å². The Bertz CT molecular complexity index is 992. The number of hydrogen-bond acceptors (Lipinski definition) is 5. The molecule has 0 aliphatic carbocycles. The molecule has 0 unspecified atom stereocenters. The molecule has 4 rings (SSSR count). The van der Waals surface area contributed by atoms with Crippen LogP contribution in [0.4, 0.5) is 0 Å². The van der Waals surface area contributed by atoms with Crippen molar-refractivity contribution in [3.8, 4) is 0 Å². The highest BCUT2D eigenvalue weighted by Gasteiger charge is 2.53. The first-order valence-corrected chi connectivity index (χ1v) is 10.6. The van der Waals surface area contributed by atoms with Crippen LogP contribution in [0.5, 0.6) is 0 Å². The smallest absolute Gasteiger partial charge is 0.289 e. The van der Waals surface area contributed by atoms with Crippen molar-refractivity contribution in [2.75, 3.05) is 32.9 Å². The molecule has 3 atom stereocenters. The molecule has 140 valence electrons. The number of sulfone groups is 1. The van der Waals surface area contributed by atoms with E-state index in [9.17, 15) is 13.2 Å². The molecule has 1 aromatic heterocycles. The maximum absolute atomic E-state index is 13.1. The lowest BCUT2D eigenvalue weighted by Gasteiger charge is -2.24. The monoisotopic (exact) mass is 376 g/mol. The number of carbonyl (C=O) groups is 1. The molecule has 0 radical (unpaired) electrons. The van der Waals surface area contributed by atoms with E-state index in [2.05, 4.69) is 0 Å². The minimum Gasteiger partial charge on any atom is -0.451 e. The molecule has 2 saturated heterocycles. The summed E-state index contributed by atoms with van der Waals surface area (Å²) in [4.78, 5) is 16.7. The van der Waals surface area contributed by atoms with E-state index in [1.807, 2.05) is 51.0 Å². The van der Waals surface area contributed by atoms with E-state index >= 15 is 0 Å². The van der Waals surface area contributed by atoms with Crippen LogP contribution in [0.25, 0.3) is 11.0 Å². The first-order chi connectivity index (χ1) is 12.2. The Labute approximate surface area is 153 Å². The fourth-order valence-electron chi connectivity index (χ4n) is 4.41. The number of likely N-dealkylation sites (tertiary alicyclic amines) is 1. The van der Waals surface area contributed by atoms with Gasteiger partial charge in [0.05, 0.1) is 11.0 Å². The Balaban J connectivity index is 1.66. The molecule has 3 heterocycles. The normalized spacial score (nSPS) is 27.4. The topological polar surface area (TPSA) is 70.8 Å². The molecule has 6 nitrogen and oxygen atoms in total. The number of rotatable bonds is 2. The van der Waals surface area contributed by atoms with E-state index < -0.39 is 15.1 Å². The summed E-state index contributed by atoms with van der Waals surface area (Å²) < 4.78 is 30.9. The first kappa shape index (κ1) is 17.5. The lowest BCUT2D eigenvalue weighted by molar-refractivity contribution is 0.0749. The summed E-state index contributed by atoms with van der Waals surface area (Å²) in [7, 11) is 0.630. The van der Waals surface area contributed by atoms with Crippen LogP contribution >= 0.6 is 0 Å². The molecule has 0 saturated carbocycles. The Hall–Kier alpha value is -1.86. The van der Waals surface area contributed by atoms with E-state index in [4.69, 9.17) is 4.42 Å². The summed E-state index contributed by atoms with van der Waals surface area (Å²) >= 11 is 0. The molecule has 7 heteroatoms. The molecule has 2 fully saturated rings. The SMILES string of the molecule is Cc1ccc2c(C)c(C(=O)N3C[C@H]4[C@H](N(C)C)CS(=O)(=O)[C@H]4C3)oc2c1. The molecule has 0 bridgehead atoms. The second kappa shape index (κ2) is 5.82. The number of fused-ring (bicyclic) bond motifs is 2. The summed E-state index contributed by atoms with van der Waals surface area (Å²) in [5.74, 6) is 0.258. The second-order valence-electron chi connectivity index (χ2n) is 7.83. The number of amides is 1. The fourth-order valence-corrected chi connectivity index (χ4v) is 6.89. The zero-order valence-corrected chi connectivity index (χ0v) is 16.3. The predicted octanol–water partition coefficient (Wildman–Crippen LogP) is 1.85. The third-order valence-corrected chi connectivity index (χ3v) is 8.13. The Morgan fingerprint density at radius 1 is 1.23 bits per heavy atom. The van der Waals surface area contributed by atoms with Gasteiger partial charge in [0.1, 0.15) is 5.58 Å². The Morgan fingerprint density at radius 2 is 1.96 bits per heavy atom. The van der Waals surface area contributed by atoms with Gasteiger partial charge >= 0.3 is 0 Å². The molecule has 26 heavy (non-hydrogen) atoms. The lowest BCUT2D eigenvalue weighted by Crippen LogP contribution is -2.38. The minimum absolute atomic E-state index is 0.0362. The largest absolute Gasteiger partial charge is 0.451 e. The number of aryl methyl sites for hydroxylation is 2. The second-order valence-corrected chi connectivity index (χ2v) is 10.1. The summed E-state index contributed by atoms with van der Waals surface area (Å²) in [6.07, 6.45) is 0. The predicted molar refractivity (Wildman–Crippen MR) is 100 cm³/mol. The molecule has 2 aliphatic heterocycles. The Kier molecular flexibility index (Phi) is 3.93. The first-order valence-electron chi connectivity index (χ1n) is 8.86. The van der Waals surface area contributed by atoms with Gasteiger partial charge in [-0.25, -0.2) is 8.42 Å².